The molecule has 0 spiro atoms. The average molecular weight is 339 g/mol. The Labute approximate surface area is 117 Å². The lowest BCUT2D eigenvalue weighted by Crippen LogP contribution is -2.43. The lowest BCUT2D eigenvalue weighted by Gasteiger charge is -2.30. The van der Waals surface area contributed by atoms with Crippen molar-refractivity contribution in [1.29, 1.82) is 0 Å². The van der Waals surface area contributed by atoms with Gasteiger partial charge in [0.15, 0.2) is 0 Å². The number of sulfonamides is 1. The van der Waals surface area contributed by atoms with E-state index < -0.39 is 10.0 Å². The standard InChI is InChI=1S/C11H19BrN2O3S/c1-3-18(16,17)14-6-4-10(5-7-14)11(15)13-8-9(2)12/h10H,2-8H2,1H3,(H,13,15). The van der Waals surface area contributed by atoms with Crippen molar-refractivity contribution in [2.45, 2.75) is 19.8 Å². The van der Waals surface area contributed by atoms with Crippen molar-refractivity contribution in [3.63, 3.8) is 0 Å². The summed E-state index contributed by atoms with van der Waals surface area (Å²) in [6, 6.07) is 0. The second-order valence-electron chi connectivity index (χ2n) is 4.31. The van der Waals surface area contributed by atoms with Gasteiger partial charge in [0, 0.05) is 30.0 Å². The van der Waals surface area contributed by atoms with Crippen LogP contribution in [0.2, 0.25) is 0 Å². The predicted octanol–water partition coefficient (Wildman–Crippen LogP) is 1.07. The smallest absolute Gasteiger partial charge is 0.223 e. The monoisotopic (exact) mass is 338 g/mol. The van der Waals surface area contributed by atoms with Crippen LogP contribution in [0.3, 0.4) is 0 Å². The summed E-state index contributed by atoms with van der Waals surface area (Å²) in [6.07, 6.45) is 1.17. The van der Waals surface area contributed by atoms with E-state index in [2.05, 4.69) is 27.8 Å². The molecule has 1 N–H and O–H groups in total. The third kappa shape index (κ3) is 4.37. The molecular weight excluding hydrogens is 320 g/mol. The van der Waals surface area contributed by atoms with Crippen LogP contribution in [0.4, 0.5) is 0 Å². The van der Waals surface area contributed by atoms with Gasteiger partial charge in [0.1, 0.15) is 0 Å². The maximum atomic E-state index is 11.8. The molecule has 0 saturated carbocycles. The maximum absolute atomic E-state index is 11.8. The van der Waals surface area contributed by atoms with Gasteiger partial charge < -0.3 is 5.32 Å². The Morgan fingerprint density at radius 2 is 2.00 bits per heavy atom. The van der Waals surface area contributed by atoms with Gasteiger partial charge in [0.25, 0.3) is 0 Å². The molecule has 1 saturated heterocycles. The first-order valence-corrected chi connectivity index (χ1v) is 8.36. The topological polar surface area (TPSA) is 66.5 Å². The molecule has 18 heavy (non-hydrogen) atoms. The van der Waals surface area contributed by atoms with Crippen molar-refractivity contribution in [2.24, 2.45) is 5.92 Å². The molecule has 104 valence electrons. The molecule has 1 amide bonds. The SMILES string of the molecule is C=C(Br)CNC(=O)C1CCN(S(=O)(=O)CC)CC1. The number of amides is 1. The normalized spacial score (nSPS) is 18.6. The molecule has 1 heterocycles. The average Bonchev–Trinajstić information content (AvgIpc) is 2.36. The fourth-order valence-corrected chi connectivity index (χ4v) is 3.18. The minimum Gasteiger partial charge on any atom is -0.351 e. The summed E-state index contributed by atoms with van der Waals surface area (Å²) in [5.74, 6) is -0.00269. The Kier molecular flexibility index (Phi) is 5.81. The molecule has 0 aromatic rings. The van der Waals surface area contributed by atoms with Gasteiger partial charge in [-0.3, -0.25) is 4.79 Å². The Balaban J connectivity index is 2.44. The highest BCUT2D eigenvalue weighted by Crippen LogP contribution is 2.20. The van der Waals surface area contributed by atoms with Crippen LogP contribution in [0.1, 0.15) is 19.8 Å². The number of carbonyl (C=O) groups excluding carboxylic acids is 1. The number of halogens is 1. The zero-order valence-corrected chi connectivity index (χ0v) is 12.9. The number of rotatable bonds is 5. The van der Waals surface area contributed by atoms with Gasteiger partial charge in [-0.25, -0.2) is 12.7 Å². The van der Waals surface area contributed by atoms with Crippen LogP contribution in [-0.4, -0.2) is 44.0 Å². The third-order valence-electron chi connectivity index (χ3n) is 3.04. The number of hydrogen-bond acceptors (Lipinski definition) is 3. The van der Waals surface area contributed by atoms with Crippen LogP contribution in [-0.2, 0) is 14.8 Å². The Morgan fingerprint density at radius 1 is 1.44 bits per heavy atom. The predicted molar refractivity (Wildman–Crippen MR) is 74.8 cm³/mol. The number of hydrogen-bond donors (Lipinski definition) is 1. The van der Waals surface area contributed by atoms with Crippen molar-refractivity contribution in [1.82, 2.24) is 9.62 Å². The van der Waals surface area contributed by atoms with Gasteiger partial charge in [-0.1, -0.05) is 22.5 Å². The molecule has 1 aliphatic rings. The summed E-state index contributed by atoms with van der Waals surface area (Å²) in [7, 11) is -3.12. The zero-order valence-electron chi connectivity index (χ0n) is 10.5. The van der Waals surface area contributed by atoms with Crippen LogP contribution < -0.4 is 5.32 Å². The van der Waals surface area contributed by atoms with Crippen molar-refractivity contribution in [2.75, 3.05) is 25.4 Å². The molecule has 0 aromatic carbocycles. The largest absolute Gasteiger partial charge is 0.351 e. The molecule has 0 aromatic heterocycles. The number of carbonyl (C=O) groups is 1. The fourth-order valence-electron chi connectivity index (χ4n) is 1.91. The summed E-state index contributed by atoms with van der Waals surface area (Å²) in [6.45, 7) is 6.55. The maximum Gasteiger partial charge on any atom is 0.223 e. The van der Waals surface area contributed by atoms with Crippen molar-refractivity contribution >= 4 is 31.9 Å². The second-order valence-corrected chi connectivity index (χ2v) is 7.69. The van der Waals surface area contributed by atoms with E-state index in [0.717, 1.165) is 4.48 Å². The molecule has 1 rings (SSSR count). The molecule has 0 radical (unpaired) electrons. The van der Waals surface area contributed by atoms with Crippen molar-refractivity contribution < 1.29 is 13.2 Å². The third-order valence-corrected chi connectivity index (χ3v) is 5.20. The van der Waals surface area contributed by atoms with E-state index in [1.165, 1.54) is 4.31 Å². The lowest BCUT2D eigenvalue weighted by atomic mass is 9.97. The minimum atomic E-state index is -3.12. The molecule has 0 unspecified atom stereocenters. The first kappa shape index (κ1) is 15.7. The second kappa shape index (κ2) is 6.68. The van der Waals surface area contributed by atoms with Gasteiger partial charge in [0.2, 0.25) is 15.9 Å². The number of nitrogens with zero attached hydrogens (tertiary/aromatic N) is 1. The minimum absolute atomic E-state index is 0.0239. The quantitative estimate of drug-likeness (QED) is 0.815. The summed E-state index contributed by atoms with van der Waals surface area (Å²) in [5.41, 5.74) is 0. The van der Waals surface area contributed by atoms with Crippen LogP contribution in [0, 0.1) is 5.92 Å². The summed E-state index contributed by atoms with van der Waals surface area (Å²) < 4.78 is 25.5. The van der Waals surface area contributed by atoms with E-state index in [1.54, 1.807) is 6.92 Å². The van der Waals surface area contributed by atoms with Crippen molar-refractivity contribution in [3.05, 3.63) is 11.1 Å². The molecule has 1 fully saturated rings. The van der Waals surface area contributed by atoms with Crippen molar-refractivity contribution in [3.8, 4) is 0 Å². The van der Waals surface area contributed by atoms with E-state index in [-0.39, 0.29) is 17.6 Å². The molecule has 1 aliphatic heterocycles. The zero-order chi connectivity index (χ0) is 13.8. The van der Waals surface area contributed by atoms with Gasteiger partial charge in [-0.15, -0.1) is 0 Å². The highest BCUT2D eigenvalue weighted by atomic mass is 79.9. The van der Waals surface area contributed by atoms with Gasteiger partial charge in [-0.05, 0) is 19.8 Å². The van der Waals surface area contributed by atoms with E-state index in [4.69, 9.17) is 0 Å². The van der Waals surface area contributed by atoms with E-state index in [9.17, 15) is 13.2 Å². The number of piperidine rings is 1. The Bertz CT molecular complexity index is 414. The fraction of sp³-hybridized carbons (Fsp3) is 0.727. The Morgan fingerprint density at radius 3 is 2.44 bits per heavy atom. The van der Waals surface area contributed by atoms with Crippen LogP contribution >= 0.6 is 15.9 Å². The van der Waals surface area contributed by atoms with E-state index in [0.29, 0.717) is 32.5 Å². The van der Waals surface area contributed by atoms with Crippen LogP contribution in [0.15, 0.2) is 11.1 Å². The van der Waals surface area contributed by atoms with Crippen LogP contribution in [0.25, 0.3) is 0 Å². The summed E-state index contributed by atoms with van der Waals surface area (Å²) >= 11 is 3.18. The summed E-state index contributed by atoms with van der Waals surface area (Å²) in [5, 5.41) is 2.77. The van der Waals surface area contributed by atoms with Crippen LogP contribution in [0.5, 0.6) is 0 Å². The molecule has 0 atom stereocenters. The van der Waals surface area contributed by atoms with Gasteiger partial charge in [-0.2, -0.15) is 0 Å². The molecule has 0 bridgehead atoms. The van der Waals surface area contributed by atoms with E-state index in [1.807, 2.05) is 0 Å². The van der Waals surface area contributed by atoms with E-state index >= 15 is 0 Å². The molecule has 0 aliphatic carbocycles. The first-order chi connectivity index (χ1) is 8.36. The highest BCUT2D eigenvalue weighted by molar-refractivity contribution is 9.11. The molecular formula is C11H19BrN2O3S. The Hall–Kier alpha value is -0.400. The highest BCUT2D eigenvalue weighted by Gasteiger charge is 2.29. The molecule has 7 heteroatoms. The van der Waals surface area contributed by atoms with Gasteiger partial charge >= 0.3 is 0 Å². The lowest BCUT2D eigenvalue weighted by molar-refractivity contribution is -0.125. The molecule has 5 nitrogen and oxygen atoms in total. The first-order valence-electron chi connectivity index (χ1n) is 5.95. The van der Waals surface area contributed by atoms with Gasteiger partial charge in [0.05, 0.1) is 5.75 Å². The summed E-state index contributed by atoms with van der Waals surface area (Å²) in [4.78, 5) is 11.8. The number of nitrogens with one attached hydrogen (secondary N) is 1.